The second-order valence-electron chi connectivity index (χ2n) is 6.08. The molecule has 1 aliphatic carbocycles. The van der Waals surface area contributed by atoms with E-state index in [1.54, 1.807) is 6.07 Å². The largest absolute Gasteiger partial charge is 0.478 e. The number of hydrogen-bond acceptors (Lipinski definition) is 1. The Morgan fingerprint density at radius 3 is 2.62 bits per heavy atom. The van der Waals surface area contributed by atoms with E-state index >= 15 is 0 Å². The van der Waals surface area contributed by atoms with Crippen molar-refractivity contribution in [2.24, 2.45) is 0 Å². The smallest absolute Gasteiger partial charge is 0.337 e. The number of aromatic amines is 1. The molecule has 1 heterocycles. The van der Waals surface area contributed by atoms with Crippen molar-refractivity contribution in [3.63, 3.8) is 0 Å². The van der Waals surface area contributed by atoms with Crippen LogP contribution >= 0.6 is 0 Å². The van der Waals surface area contributed by atoms with Crippen LogP contribution in [0.15, 0.2) is 42.5 Å². The van der Waals surface area contributed by atoms with Crippen LogP contribution in [-0.4, -0.2) is 16.1 Å². The molecular formula is C18H15NO2. The number of aromatic carboxylic acids is 1. The molecule has 0 fully saturated rings. The summed E-state index contributed by atoms with van der Waals surface area (Å²) in [4.78, 5) is 14.8. The number of rotatable bonds is 1. The standard InChI is InChI=1S/C18H15NO2/c1-18(2)13-9-4-3-6-10(13)16-14(18)11-7-5-8-12(17(20)21)15(11)19-16/h3-9,19H,1-2H3,(H,20,21). The molecule has 4 rings (SSSR count). The number of aromatic nitrogens is 1. The third kappa shape index (κ3) is 1.40. The Labute approximate surface area is 122 Å². The highest BCUT2D eigenvalue weighted by molar-refractivity contribution is 6.07. The predicted molar refractivity (Wildman–Crippen MR) is 82.8 cm³/mol. The van der Waals surface area contributed by atoms with Gasteiger partial charge in [-0.25, -0.2) is 4.79 Å². The van der Waals surface area contributed by atoms with Crippen LogP contribution in [0.3, 0.4) is 0 Å². The minimum absolute atomic E-state index is 0.124. The molecule has 0 atom stereocenters. The monoisotopic (exact) mass is 277 g/mol. The Bertz CT molecular complexity index is 903. The van der Waals surface area contributed by atoms with E-state index in [0.29, 0.717) is 5.56 Å². The molecular weight excluding hydrogens is 262 g/mol. The van der Waals surface area contributed by atoms with Crippen LogP contribution in [0, 0.1) is 0 Å². The van der Waals surface area contributed by atoms with Crippen molar-refractivity contribution in [1.29, 1.82) is 0 Å². The molecule has 3 heteroatoms. The summed E-state index contributed by atoms with van der Waals surface area (Å²) in [5.74, 6) is -0.897. The Morgan fingerprint density at radius 1 is 1.10 bits per heavy atom. The third-order valence-corrected chi connectivity index (χ3v) is 4.56. The average molecular weight is 277 g/mol. The van der Waals surface area contributed by atoms with Crippen LogP contribution < -0.4 is 0 Å². The first-order chi connectivity index (χ1) is 10.0. The van der Waals surface area contributed by atoms with E-state index in [1.165, 1.54) is 16.7 Å². The molecule has 1 aromatic heterocycles. The van der Waals surface area contributed by atoms with Gasteiger partial charge >= 0.3 is 5.97 Å². The number of carboxylic acids is 1. The summed E-state index contributed by atoms with van der Waals surface area (Å²) >= 11 is 0. The highest BCUT2D eigenvalue weighted by Gasteiger charge is 2.38. The van der Waals surface area contributed by atoms with Crippen LogP contribution in [0.5, 0.6) is 0 Å². The fourth-order valence-electron chi connectivity index (χ4n) is 3.63. The molecule has 3 aromatic rings. The van der Waals surface area contributed by atoms with Gasteiger partial charge in [0.25, 0.3) is 0 Å². The Morgan fingerprint density at radius 2 is 1.86 bits per heavy atom. The van der Waals surface area contributed by atoms with Crippen LogP contribution in [0.25, 0.3) is 22.2 Å². The van der Waals surface area contributed by atoms with Gasteiger partial charge in [-0.1, -0.05) is 50.2 Å². The number of para-hydroxylation sites is 1. The third-order valence-electron chi connectivity index (χ3n) is 4.56. The van der Waals surface area contributed by atoms with Crippen LogP contribution in [0.1, 0.15) is 35.3 Å². The average Bonchev–Trinajstić information content (AvgIpc) is 2.95. The minimum atomic E-state index is -0.897. The highest BCUT2D eigenvalue weighted by Crippen LogP contribution is 2.51. The topological polar surface area (TPSA) is 53.1 Å². The van der Waals surface area contributed by atoms with Crippen molar-refractivity contribution >= 4 is 16.9 Å². The van der Waals surface area contributed by atoms with E-state index in [1.807, 2.05) is 18.2 Å². The molecule has 0 unspecified atom stereocenters. The van der Waals surface area contributed by atoms with Gasteiger partial charge in [-0.05, 0) is 17.2 Å². The van der Waals surface area contributed by atoms with Gasteiger partial charge in [0.15, 0.2) is 0 Å². The van der Waals surface area contributed by atoms with Crippen LogP contribution in [0.4, 0.5) is 0 Å². The van der Waals surface area contributed by atoms with Gasteiger partial charge in [0.2, 0.25) is 0 Å². The quantitative estimate of drug-likeness (QED) is 0.701. The van der Waals surface area contributed by atoms with E-state index in [0.717, 1.165) is 16.6 Å². The molecule has 104 valence electrons. The number of carbonyl (C=O) groups is 1. The molecule has 21 heavy (non-hydrogen) atoms. The normalized spacial score (nSPS) is 15.0. The molecule has 1 aliphatic rings. The fourth-order valence-corrected chi connectivity index (χ4v) is 3.63. The van der Waals surface area contributed by atoms with E-state index < -0.39 is 5.97 Å². The second kappa shape index (κ2) is 3.76. The summed E-state index contributed by atoms with van der Waals surface area (Å²) in [7, 11) is 0. The molecule has 0 radical (unpaired) electrons. The Kier molecular flexibility index (Phi) is 2.18. The zero-order chi connectivity index (χ0) is 14.8. The van der Waals surface area contributed by atoms with Crippen molar-refractivity contribution < 1.29 is 9.90 Å². The Hall–Kier alpha value is -2.55. The van der Waals surface area contributed by atoms with Crippen molar-refractivity contribution in [2.75, 3.05) is 0 Å². The molecule has 0 amide bonds. The number of hydrogen-bond donors (Lipinski definition) is 2. The van der Waals surface area contributed by atoms with Crippen LogP contribution in [-0.2, 0) is 5.41 Å². The zero-order valence-corrected chi connectivity index (χ0v) is 11.9. The summed E-state index contributed by atoms with van der Waals surface area (Å²) in [6.07, 6.45) is 0. The maximum atomic E-state index is 11.4. The second-order valence-corrected chi connectivity index (χ2v) is 6.08. The van der Waals surface area contributed by atoms with Gasteiger partial charge in [0, 0.05) is 16.4 Å². The number of carboxylic acid groups (broad SMARTS) is 1. The lowest BCUT2D eigenvalue weighted by molar-refractivity contribution is 0.0699. The lowest BCUT2D eigenvalue weighted by atomic mass is 9.81. The van der Waals surface area contributed by atoms with Crippen molar-refractivity contribution in [1.82, 2.24) is 4.98 Å². The lowest BCUT2D eigenvalue weighted by Crippen LogP contribution is -2.14. The molecule has 2 aromatic carbocycles. The maximum Gasteiger partial charge on any atom is 0.337 e. The molecule has 2 N–H and O–H groups in total. The molecule has 0 saturated carbocycles. The van der Waals surface area contributed by atoms with Gasteiger partial charge in [-0.2, -0.15) is 0 Å². The summed E-state index contributed by atoms with van der Waals surface area (Å²) in [5, 5.41) is 10.4. The minimum Gasteiger partial charge on any atom is -0.478 e. The van der Waals surface area contributed by atoms with E-state index in [-0.39, 0.29) is 5.41 Å². The first-order valence-electron chi connectivity index (χ1n) is 7.00. The lowest BCUT2D eigenvalue weighted by Gasteiger charge is -2.21. The number of fused-ring (bicyclic) bond motifs is 5. The summed E-state index contributed by atoms with van der Waals surface area (Å²) in [6.45, 7) is 4.39. The number of nitrogens with one attached hydrogen (secondary N) is 1. The van der Waals surface area contributed by atoms with E-state index in [4.69, 9.17) is 0 Å². The zero-order valence-electron chi connectivity index (χ0n) is 11.9. The Balaban J connectivity index is 2.16. The molecule has 0 spiro atoms. The SMILES string of the molecule is CC1(C)c2ccccc2-c2[nH]c3c(C(=O)O)cccc3c21. The predicted octanol–water partition coefficient (Wildman–Crippen LogP) is 4.17. The number of H-pyrrole nitrogens is 1. The molecule has 0 saturated heterocycles. The van der Waals surface area contributed by atoms with Crippen LogP contribution in [0.2, 0.25) is 0 Å². The number of benzene rings is 2. The van der Waals surface area contributed by atoms with Gasteiger partial charge in [-0.15, -0.1) is 0 Å². The first-order valence-corrected chi connectivity index (χ1v) is 7.00. The van der Waals surface area contributed by atoms with Gasteiger partial charge < -0.3 is 10.1 Å². The molecule has 0 bridgehead atoms. The first kappa shape index (κ1) is 12.2. The van der Waals surface area contributed by atoms with Gasteiger partial charge in [0.1, 0.15) is 0 Å². The van der Waals surface area contributed by atoms with Crippen molar-refractivity contribution in [3.8, 4) is 11.3 Å². The van der Waals surface area contributed by atoms with Crippen molar-refractivity contribution in [3.05, 3.63) is 59.2 Å². The summed E-state index contributed by atoms with van der Waals surface area (Å²) < 4.78 is 0. The summed E-state index contributed by atoms with van der Waals surface area (Å²) in [5.41, 5.74) is 5.63. The molecule has 3 nitrogen and oxygen atoms in total. The highest BCUT2D eigenvalue weighted by atomic mass is 16.4. The van der Waals surface area contributed by atoms with Gasteiger partial charge in [-0.3, -0.25) is 0 Å². The summed E-state index contributed by atoms with van der Waals surface area (Å²) in [6, 6.07) is 13.8. The van der Waals surface area contributed by atoms with E-state index in [2.05, 4.69) is 37.0 Å². The maximum absolute atomic E-state index is 11.4. The van der Waals surface area contributed by atoms with Crippen molar-refractivity contribution in [2.45, 2.75) is 19.3 Å². The molecule has 0 aliphatic heterocycles. The van der Waals surface area contributed by atoms with Gasteiger partial charge in [0.05, 0.1) is 16.8 Å². The fraction of sp³-hybridized carbons (Fsp3) is 0.167. The van der Waals surface area contributed by atoms with E-state index in [9.17, 15) is 9.90 Å².